The quantitative estimate of drug-likeness (QED) is 0.773. The number of carbonyl (C=O) groups excluding carboxylic acids is 2. The van der Waals surface area contributed by atoms with Crippen molar-refractivity contribution in [3.05, 3.63) is 23.9 Å². The van der Waals surface area contributed by atoms with E-state index < -0.39 is 0 Å². The Hall–Kier alpha value is -2.48. The van der Waals surface area contributed by atoms with Gasteiger partial charge in [0.05, 0.1) is 0 Å². The van der Waals surface area contributed by atoms with E-state index >= 15 is 0 Å². The molecule has 8 nitrogen and oxygen atoms in total. The zero-order valence-corrected chi connectivity index (χ0v) is 15.2. The summed E-state index contributed by atoms with van der Waals surface area (Å²) in [6.45, 7) is 4.39. The zero-order valence-electron chi connectivity index (χ0n) is 15.2. The third-order valence-corrected chi connectivity index (χ3v) is 4.77. The second kappa shape index (κ2) is 8.75. The minimum atomic E-state index is -0.0637. The van der Waals surface area contributed by atoms with Crippen molar-refractivity contribution >= 4 is 23.3 Å². The maximum Gasteiger partial charge on any atom is 0.240 e. The fraction of sp³-hybridized carbons (Fsp3) is 0.556. The highest BCUT2D eigenvalue weighted by atomic mass is 16.2. The predicted octanol–water partition coefficient (Wildman–Crippen LogP) is 0.496. The van der Waals surface area contributed by atoms with Crippen molar-refractivity contribution in [1.82, 2.24) is 20.6 Å². The van der Waals surface area contributed by atoms with Gasteiger partial charge in [0.2, 0.25) is 11.8 Å². The van der Waals surface area contributed by atoms with Gasteiger partial charge in [0.25, 0.3) is 0 Å². The Kier molecular flexibility index (Phi) is 6.17. The standard InChI is InChI=1S/C18H26N6O2/c1-23-9-11-24(12-10-23)18-14(3-2-8-19-18)13-20-16(25)6-4-15-5-7-17(26)22-21-15/h2-3,8H,4-7,9-13H2,1H3,(H,20,25)(H,22,26). The van der Waals surface area contributed by atoms with Gasteiger partial charge >= 0.3 is 0 Å². The van der Waals surface area contributed by atoms with Crippen LogP contribution in [0.25, 0.3) is 0 Å². The lowest BCUT2D eigenvalue weighted by Gasteiger charge is -2.34. The first-order chi connectivity index (χ1) is 12.6. The monoisotopic (exact) mass is 358 g/mol. The van der Waals surface area contributed by atoms with E-state index in [2.05, 4.69) is 37.7 Å². The van der Waals surface area contributed by atoms with Gasteiger partial charge in [-0.25, -0.2) is 10.4 Å². The fourth-order valence-electron chi connectivity index (χ4n) is 3.10. The van der Waals surface area contributed by atoms with Gasteiger partial charge < -0.3 is 15.1 Å². The van der Waals surface area contributed by atoms with Crippen LogP contribution in [0.1, 0.15) is 31.2 Å². The molecule has 2 amide bonds. The van der Waals surface area contributed by atoms with E-state index in [-0.39, 0.29) is 11.8 Å². The Balaban J connectivity index is 1.50. The number of amides is 2. The largest absolute Gasteiger partial charge is 0.354 e. The van der Waals surface area contributed by atoms with Gasteiger partial charge in [-0.2, -0.15) is 5.10 Å². The Morgan fingerprint density at radius 1 is 1.27 bits per heavy atom. The predicted molar refractivity (Wildman–Crippen MR) is 99.8 cm³/mol. The van der Waals surface area contributed by atoms with Crippen LogP contribution in [0.5, 0.6) is 0 Å². The summed E-state index contributed by atoms with van der Waals surface area (Å²) in [5, 5.41) is 6.98. The highest BCUT2D eigenvalue weighted by Gasteiger charge is 2.18. The van der Waals surface area contributed by atoms with E-state index in [1.807, 2.05) is 12.1 Å². The number of carbonyl (C=O) groups is 2. The van der Waals surface area contributed by atoms with E-state index in [1.54, 1.807) is 6.20 Å². The molecule has 3 rings (SSSR count). The molecule has 1 fully saturated rings. The molecule has 2 N–H and O–H groups in total. The number of likely N-dealkylation sites (N-methyl/N-ethyl adjacent to an activating group) is 1. The molecule has 140 valence electrons. The van der Waals surface area contributed by atoms with Crippen LogP contribution in [0.4, 0.5) is 5.82 Å². The van der Waals surface area contributed by atoms with E-state index in [1.165, 1.54) is 0 Å². The summed E-state index contributed by atoms with van der Waals surface area (Å²) in [5.41, 5.74) is 4.37. The summed E-state index contributed by atoms with van der Waals surface area (Å²) >= 11 is 0. The van der Waals surface area contributed by atoms with Gasteiger partial charge in [-0.15, -0.1) is 0 Å². The number of nitrogens with one attached hydrogen (secondary N) is 2. The van der Waals surface area contributed by atoms with Crippen LogP contribution in [0.3, 0.4) is 0 Å². The van der Waals surface area contributed by atoms with Crippen LogP contribution in [0.2, 0.25) is 0 Å². The van der Waals surface area contributed by atoms with Crippen LogP contribution in [0.15, 0.2) is 23.4 Å². The molecule has 0 aromatic carbocycles. The number of pyridine rings is 1. The van der Waals surface area contributed by atoms with Crippen LogP contribution in [-0.4, -0.2) is 60.6 Å². The van der Waals surface area contributed by atoms with Crippen LogP contribution in [0, 0.1) is 0 Å². The first-order valence-electron chi connectivity index (χ1n) is 9.10. The molecular weight excluding hydrogens is 332 g/mol. The third kappa shape index (κ3) is 5.01. The van der Waals surface area contributed by atoms with Crippen molar-refractivity contribution < 1.29 is 9.59 Å². The van der Waals surface area contributed by atoms with Gasteiger partial charge in [-0.1, -0.05) is 6.07 Å². The number of rotatable bonds is 6. The number of hydrogen-bond acceptors (Lipinski definition) is 6. The molecule has 0 spiro atoms. The molecule has 26 heavy (non-hydrogen) atoms. The molecule has 0 aliphatic carbocycles. The molecule has 3 heterocycles. The minimum absolute atomic E-state index is 0.0159. The summed E-state index contributed by atoms with van der Waals surface area (Å²) in [4.78, 5) is 32.3. The Labute approximate surface area is 153 Å². The van der Waals surface area contributed by atoms with Gasteiger partial charge in [0.1, 0.15) is 5.82 Å². The molecular formula is C18H26N6O2. The fourth-order valence-corrected chi connectivity index (χ4v) is 3.10. The van der Waals surface area contributed by atoms with Crippen molar-refractivity contribution in [3.8, 4) is 0 Å². The summed E-state index contributed by atoms with van der Waals surface area (Å²) in [7, 11) is 2.12. The number of aromatic nitrogens is 1. The average molecular weight is 358 g/mol. The summed E-state index contributed by atoms with van der Waals surface area (Å²) in [5.74, 6) is 0.879. The Morgan fingerprint density at radius 2 is 2.08 bits per heavy atom. The lowest BCUT2D eigenvalue weighted by molar-refractivity contribution is -0.121. The highest BCUT2D eigenvalue weighted by Crippen LogP contribution is 2.18. The third-order valence-electron chi connectivity index (χ3n) is 4.77. The first kappa shape index (κ1) is 18.3. The molecule has 0 radical (unpaired) electrons. The van der Waals surface area contributed by atoms with Crippen molar-refractivity contribution in [2.75, 3.05) is 38.1 Å². The van der Waals surface area contributed by atoms with E-state index in [4.69, 9.17) is 0 Å². The number of nitrogens with zero attached hydrogens (tertiary/aromatic N) is 4. The van der Waals surface area contributed by atoms with Crippen LogP contribution < -0.4 is 15.6 Å². The number of hydrazone groups is 1. The SMILES string of the molecule is CN1CCN(c2ncccc2CNC(=O)CCC2=NNC(=O)CC2)CC1. The second-order valence-corrected chi connectivity index (χ2v) is 6.77. The first-order valence-corrected chi connectivity index (χ1v) is 9.10. The molecule has 0 unspecified atom stereocenters. The molecule has 1 aromatic rings. The van der Waals surface area contributed by atoms with Gasteiger partial charge in [-0.05, 0) is 26.0 Å². The molecule has 0 saturated carbocycles. The van der Waals surface area contributed by atoms with E-state index in [0.29, 0.717) is 32.2 Å². The van der Waals surface area contributed by atoms with Crippen LogP contribution >= 0.6 is 0 Å². The summed E-state index contributed by atoms with van der Waals surface area (Å²) in [6.07, 6.45) is 3.83. The van der Waals surface area contributed by atoms with Gasteiger partial charge in [-0.3, -0.25) is 9.59 Å². The van der Waals surface area contributed by atoms with E-state index in [0.717, 1.165) is 43.3 Å². The molecule has 1 aromatic heterocycles. The average Bonchev–Trinajstić information content (AvgIpc) is 2.67. The van der Waals surface area contributed by atoms with Gasteiger partial charge in [0, 0.05) is 63.0 Å². The number of hydrogen-bond donors (Lipinski definition) is 2. The minimum Gasteiger partial charge on any atom is -0.354 e. The number of piperazine rings is 1. The van der Waals surface area contributed by atoms with Crippen molar-refractivity contribution in [3.63, 3.8) is 0 Å². The summed E-state index contributed by atoms with van der Waals surface area (Å²) in [6, 6.07) is 3.92. The second-order valence-electron chi connectivity index (χ2n) is 6.77. The molecule has 1 saturated heterocycles. The lowest BCUT2D eigenvalue weighted by atomic mass is 10.1. The molecule has 8 heteroatoms. The molecule has 2 aliphatic rings. The highest BCUT2D eigenvalue weighted by molar-refractivity contribution is 5.94. The molecule has 2 aliphatic heterocycles. The maximum atomic E-state index is 12.2. The zero-order chi connectivity index (χ0) is 18.4. The van der Waals surface area contributed by atoms with Crippen molar-refractivity contribution in [2.45, 2.75) is 32.2 Å². The van der Waals surface area contributed by atoms with Gasteiger partial charge in [0.15, 0.2) is 0 Å². The Morgan fingerprint density at radius 3 is 2.81 bits per heavy atom. The maximum absolute atomic E-state index is 12.2. The van der Waals surface area contributed by atoms with Crippen LogP contribution in [-0.2, 0) is 16.1 Å². The summed E-state index contributed by atoms with van der Waals surface area (Å²) < 4.78 is 0. The normalized spacial score (nSPS) is 18.3. The smallest absolute Gasteiger partial charge is 0.240 e. The molecule has 0 bridgehead atoms. The van der Waals surface area contributed by atoms with E-state index in [9.17, 15) is 9.59 Å². The molecule has 0 atom stereocenters. The van der Waals surface area contributed by atoms with Crippen molar-refractivity contribution in [1.29, 1.82) is 0 Å². The topological polar surface area (TPSA) is 89.9 Å². The number of anilines is 1. The Bertz CT molecular complexity index is 682. The lowest BCUT2D eigenvalue weighted by Crippen LogP contribution is -2.45. The van der Waals surface area contributed by atoms with Crippen molar-refractivity contribution in [2.24, 2.45) is 5.10 Å².